The van der Waals surface area contributed by atoms with Crippen LogP contribution in [-0.2, 0) is 0 Å². The van der Waals surface area contributed by atoms with Crippen LogP contribution in [0.3, 0.4) is 0 Å². The Balaban J connectivity index is 5.02. The Morgan fingerprint density at radius 1 is 1.25 bits per heavy atom. The van der Waals surface area contributed by atoms with Crippen LogP contribution in [0.25, 0.3) is 0 Å². The molecule has 1 N–H and O–H groups in total. The lowest BCUT2D eigenvalue weighted by Crippen LogP contribution is -2.10. The van der Waals surface area contributed by atoms with E-state index in [2.05, 4.69) is 58.2 Å². The van der Waals surface area contributed by atoms with Crippen LogP contribution in [-0.4, -0.2) is 13.6 Å². The highest BCUT2D eigenvalue weighted by molar-refractivity contribution is 5.37. The Hall–Kier alpha value is -0.820. The van der Waals surface area contributed by atoms with Gasteiger partial charge in [0.15, 0.2) is 0 Å². The molecule has 0 atom stereocenters. The van der Waals surface area contributed by atoms with Crippen molar-refractivity contribution in [3.63, 3.8) is 0 Å². The van der Waals surface area contributed by atoms with Gasteiger partial charge in [-0.2, -0.15) is 0 Å². The summed E-state index contributed by atoms with van der Waals surface area (Å²) in [6.45, 7) is 12.0. The minimum Gasteiger partial charge on any atom is -0.316 e. The number of hydrogen-bond acceptors (Lipinski definition) is 1. The van der Waals surface area contributed by atoms with Crippen molar-refractivity contribution in [2.24, 2.45) is 5.92 Å². The summed E-state index contributed by atoms with van der Waals surface area (Å²) in [5.41, 5.74) is 4.18. The van der Waals surface area contributed by atoms with Crippen molar-refractivity contribution in [3.05, 3.63) is 34.9 Å². The molecule has 0 heterocycles. The Morgan fingerprint density at radius 2 is 1.88 bits per heavy atom. The summed E-state index contributed by atoms with van der Waals surface area (Å²) < 4.78 is 0. The standard InChI is InChI=1S/C15H27N/c1-7-8-9-15(14(5)11-16-6)10-13(4)12(2)3/h8-10,12,16H,7,11H2,1-6H3/b9-8-,13-10+,15-14+. The molecule has 0 fully saturated rings. The molecule has 0 bridgehead atoms. The van der Waals surface area contributed by atoms with Gasteiger partial charge in [0.25, 0.3) is 0 Å². The summed E-state index contributed by atoms with van der Waals surface area (Å²) in [5, 5.41) is 3.21. The third kappa shape index (κ3) is 5.92. The van der Waals surface area contributed by atoms with Gasteiger partial charge in [-0.1, -0.05) is 50.1 Å². The van der Waals surface area contributed by atoms with Crippen LogP contribution >= 0.6 is 0 Å². The van der Waals surface area contributed by atoms with Crippen molar-refractivity contribution in [1.29, 1.82) is 0 Å². The first-order valence-corrected chi connectivity index (χ1v) is 6.22. The van der Waals surface area contributed by atoms with Gasteiger partial charge in [0.1, 0.15) is 0 Å². The molecule has 0 rings (SSSR count). The predicted molar refractivity (Wildman–Crippen MR) is 74.7 cm³/mol. The van der Waals surface area contributed by atoms with E-state index in [4.69, 9.17) is 0 Å². The number of nitrogens with one attached hydrogen (secondary N) is 1. The molecule has 0 aromatic heterocycles. The molecular weight excluding hydrogens is 194 g/mol. The summed E-state index contributed by atoms with van der Waals surface area (Å²) in [6, 6.07) is 0. The first-order valence-electron chi connectivity index (χ1n) is 6.22. The van der Waals surface area contributed by atoms with E-state index in [9.17, 15) is 0 Å². The van der Waals surface area contributed by atoms with Crippen LogP contribution in [0.1, 0.15) is 41.0 Å². The second-order valence-electron chi connectivity index (χ2n) is 4.62. The highest BCUT2D eigenvalue weighted by atomic mass is 14.8. The fourth-order valence-electron chi connectivity index (χ4n) is 1.34. The van der Waals surface area contributed by atoms with E-state index in [1.54, 1.807) is 0 Å². The van der Waals surface area contributed by atoms with Crippen LogP contribution in [0.15, 0.2) is 34.9 Å². The largest absolute Gasteiger partial charge is 0.316 e. The van der Waals surface area contributed by atoms with E-state index >= 15 is 0 Å². The molecule has 0 aliphatic heterocycles. The van der Waals surface area contributed by atoms with Crippen LogP contribution in [0.2, 0.25) is 0 Å². The first-order chi connectivity index (χ1) is 7.52. The molecule has 0 spiro atoms. The molecule has 0 saturated heterocycles. The molecule has 92 valence electrons. The molecule has 0 aromatic rings. The minimum absolute atomic E-state index is 0.618. The summed E-state index contributed by atoms with van der Waals surface area (Å²) in [6.07, 6.45) is 7.85. The maximum absolute atomic E-state index is 3.21. The highest BCUT2D eigenvalue weighted by Crippen LogP contribution is 2.15. The summed E-state index contributed by atoms with van der Waals surface area (Å²) in [4.78, 5) is 0. The van der Waals surface area contributed by atoms with E-state index < -0.39 is 0 Å². The van der Waals surface area contributed by atoms with Crippen molar-refractivity contribution in [3.8, 4) is 0 Å². The predicted octanol–water partition coefficient (Wildman–Crippen LogP) is 4.09. The van der Waals surface area contributed by atoms with Gasteiger partial charge in [0, 0.05) is 6.54 Å². The minimum atomic E-state index is 0.618. The lowest BCUT2D eigenvalue weighted by atomic mass is 9.99. The average Bonchev–Trinajstić information content (AvgIpc) is 2.23. The van der Waals surface area contributed by atoms with Crippen LogP contribution < -0.4 is 5.32 Å². The zero-order valence-electron chi connectivity index (χ0n) is 11.7. The normalized spacial score (nSPS) is 14.8. The first kappa shape index (κ1) is 15.2. The summed E-state index contributed by atoms with van der Waals surface area (Å²) in [7, 11) is 1.99. The smallest absolute Gasteiger partial charge is 0.0167 e. The van der Waals surface area contributed by atoms with Crippen molar-refractivity contribution < 1.29 is 0 Å². The summed E-state index contributed by atoms with van der Waals surface area (Å²) >= 11 is 0. The van der Waals surface area contributed by atoms with Crippen molar-refractivity contribution in [2.75, 3.05) is 13.6 Å². The number of hydrogen-bond donors (Lipinski definition) is 1. The van der Waals surface area contributed by atoms with Crippen LogP contribution in [0, 0.1) is 5.92 Å². The van der Waals surface area contributed by atoms with Gasteiger partial charge in [-0.05, 0) is 38.8 Å². The van der Waals surface area contributed by atoms with Crippen LogP contribution in [0.5, 0.6) is 0 Å². The van der Waals surface area contributed by atoms with Gasteiger partial charge < -0.3 is 5.32 Å². The van der Waals surface area contributed by atoms with Crippen molar-refractivity contribution in [1.82, 2.24) is 5.32 Å². The van der Waals surface area contributed by atoms with Gasteiger partial charge in [0.05, 0.1) is 0 Å². The monoisotopic (exact) mass is 221 g/mol. The third-order valence-corrected chi connectivity index (χ3v) is 2.76. The quantitative estimate of drug-likeness (QED) is 0.666. The lowest BCUT2D eigenvalue weighted by molar-refractivity contribution is 0.768. The van der Waals surface area contributed by atoms with E-state index in [-0.39, 0.29) is 0 Å². The molecule has 1 heteroatoms. The van der Waals surface area contributed by atoms with Gasteiger partial charge in [0.2, 0.25) is 0 Å². The fourth-order valence-corrected chi connectivity index (χ4v) is 1.34. The zero-order valence-corrected chi connectivity index (χ0v) is 11.7. The van der Waals surface area contributed by atoms with E-state index in [1.807, 2.05) is 7.05 Å². The molecule has 0 saturated carbocycles. The second-order valence-corrected chi connectivity index (χ2v) is 4.62. The molecular formula is C15H27N. The molecule has 1 nitrogen and oxygen atoms in total. The second kappa shape index (κ2) is 8.35. The maximum Gasteiger partial charge on any atom is 0.0167 e. The average molecular weight is 221 g/mol. The SMILES string of the molecule is CC\C=C/C(/C=C(\C)C(C)C)=C(/C)CNC. The molecule has 0 amide bonds. The number of rotatable bonds is 6. The Morgan fingerprint density at radius 3 is 2.31 bits per heavy atom. The van der Waals surface area contributed by atoms with Crippen molar-refractivity contribution in [2.45, 2.75) is 41.0 Å². The molecule has 0 radical (unpaired) electrons. The van der Waals surface area contributed by atoms with E-state index in [1.165, 1.54) is 16.7 Å². The third-order valence-electron chi connectivity index (χ3n) is 2.76. The van der Waals surface area contributed by atoms with E-state index in [0.29, 0.717) is 5.92 Å². The topological polar surface area (TPSA) is 12.0 Å². The number of allylic oxidation sites excluding steroid dienone is 5. The van der Waals surface area contributed by atoms with E-state index in [0.717, 1.165) is 13.0 Å². The lowest BCUT2D eigenvalue weighted by Gasteiger charge is -2.09. The molecule has 0 unspecified atom stereocenters. The highest BCUT2D eigenvalue weighted by Gasteiger charge is 2.00. The number of likely N-dealkylation sites (N-methyl/N-ethyl adjacent to an activating group) is 1. The van der Waals surface area contributed by atoms with Gasteiger partial charge in [-0.15, -0.1) is 0 Å². The Kier molecular flexibility index (Phi) is 7.92. The Bertz CT molecular complexity index is 280. The van der Waals surface area contributed by atoms with Gasteiger partial charge in [-0.3, -0.25) is 0 Å². The molecule has 0 aromatic carbocycles. The summed E-state index contributed by atoms with van der Waals surface area (Å²) in [5.74, 6) is 0.618. The maximum atomic E-state index is 3.21. The van der Waals surface area contributed by atoms with Crippen LogP contribution in [0.4, 0.5) is 0 Å². The fraction of sp³-hybridized carbons (Fsp3) is 0.600. The zero-order chi connectivity index (χ0) is 12.6. The van der Waals surface area contributed by atoms with Crippen molar-refractivity contribution >= 4 is 0 Å². The molecule has 0 aliphatic rings. The molecule has 16 heavy (non-hydrogen) atoms. The van der Waals surface area contributed by atoms with Gasteiger partial charge in [-0.25, -0.2) is 0 Å². The molecule has 0 aliphatic carbocycles. The Labute approximate surface area is 101 Å². The van der Waals surface area contributed by atoms with Gasteiger partial charge >= 0.3 is 0 Å².